The largest absolute Gasteiger partial charge is 0.491 e. The van der Waals surface area contributed by atoms with E-state index in [0.29, 0.717) is 12.4 Å². The highest BCUT2D eigenvalue weighted by atomic mass is 19.3. The van der Waals surface area contributed by atoms with Crippen LogP contribution in [-0.4, -0.2) is 6.61 Å². The molecule has 2 N–H and O–H groups in total. The predicted molar refractivity (Wildman–Crippen MR) is 43.8 cm³/mol. The Morgan fingerprint density at radius 2 is 2.23 bits per heavy atom. The van der Waals surface area contributed by atoms with Crippen LogP contribution in [0.5, 0.6) is 5.75 Å². The van der Waals surface area contributed by atoms with Crippen molar-refractivity contribution in [1.29, 1.82) is 0 Å². The number of ether oxygens (including phenoxy) is 1. The highest BCUT2D eigenvalue weighted by molar-refractivity contribution is 5.42. The Balaban J connectivity index is 2.40. The van der Waals surface area contributed by atoms with E-state index in [1.807, 2.05) is 0 Å². The zero-order valence-electron chi connectivity index (χ0n) is 6.84. The molecule has 1 atom stereocenters. The molecule has 0 fully saturated rings. The molecule has 1 aliphatic heterocycles. The molecule has 70 valence electrons. The second kappa shape index (κ2) is 2.96. The van der Waals surface area contributed by atoms with Gasteiger partial charge in [-0.1, -0.05) is 12.1 Å². The van der Waals surface area contributed by atoms with Crippen molar-refractivity contribution in [3.63, 3.8) is 0 Å². The number of benzene rings is 1. The Labute approximate surface area is 74.3 Å². The van der Waals surface area contributed by atoms with Crippen LogP contribution in [0.3, 0.4) is 0 Å². The molecule has 0 radical (unpaired) electrons. The van der Waals surface area contributed by atoms with E-state index >= 15 is 0 Å². The van der Waals surface area contributed by atoms with Gasteiger partial charge in [0.15, 0.2) is 0 Å². The van der Waals surface area contributed by atoms with Crippen LogP contribution < -0.4 is 10.5 Å². The Morgan fingerprint density at radius 1 is 1.46 bits per heavy atom. The van der Waals surface area contributed by atoms with Crippen LogP contribution in [0.25, 0.3) is 0 Å². The lowest BCUT2D eigenvalue weighted by Crippen LogP contribution is -2.10. The first-order chi connectivity index (χ1) is 6.18. The summed E-state index contributed by atoms with van der Waals surface area (Å²) in [5, 5.41) is 0. The third kappa shape index (κ3) is 1.37. The van der Waals surface area contributed by atoms with Crippen molar-refractivity contribution < 1.29 is 13.5 Å². The molecule has 4 heteroatoms. The summed E-state index contributed by atoms with van der Waals surface area (Å²) >= 11 is 0. The normalized spacial score (nSPS) is 20.2. The number of hydrogen-bond donors (Lipinski definition) is 1. The summed E-state index contributed by atoms with van der Waals surface area (Å²) in [6.07, 6.45) is -2.45. The fourth-order valence-electron chi connectivity index (χ4n) is 1.39. The topological polar surface area (TPSA) is 35.2 Å². The smallest absolute Gasteiger partial charge is 0.263 e. The first kappa shape index (κ1) is 8.44. The third-order valence-corrected chi connectivity index (χ3v) is 2.11. The molecule has 0 amide bonds. The number of halogens is 2. The monoisotopic (exact) mass is 185 g/mol. The van der Waals surface area contributed by atoms with E-state index in [0.717, 1.165) is 5.56 Å². The van der Waals surface area contributed by atoms with Gasteiger partial charge in [0.1, 0.15) is 12.4 Å². The van der Waals surface area contributed by atoms with Gasteiger partial charge in [-0.05, 0) is 6.07 Å². The van der Waals surface area contributed by atoms with Crippen LogP contribution in [0.2, 0.25) is 0 Å². The summed E-state index contributed by atoms with van der Waals surface area (Å²) in [5.74, 6) is 0.491. The molecule has 0 unspecified atom stereocenters. The van der Waals surface area contributed by atoms with Gasteiger partial charge in [-0.2, -0.15) is 0 Å². The lowest BCUT2D eigenvalue weighted by molar-refractivity contribution is 0.151. The summed E-state index contributed by atoms with van der Waals surface area (Å²) in [7, 11) is 0. The second-order valence-corrected chi connectivity index (χ2v) is 3.02. The molecular formula is C9H9F2NO. The van der Waals surface area contributed by atoms with Crippen LogP contribution >= 0.6 is 0 Å². The van der Waals surface area contributed by atoms with Crippen molar-refractivity contribution in [2.75, 3.05) is 6.61 Å². The first-order valence-electron chi connectivity index (χ1n) is 3.99. The molecule has 1 aliphatic rings. The van der Waals surface area contributed by atoms with Crippen LogP contribution in [0.4, 0.5) is 8.78 Å². The highest BCUT2D eigenvalue weighted by Crippen LogP contribution is 2.33. The van der Waals surface area contributed by atoms with Crippen molar-refractivity contribution in [1.82, 2.24) is 0 Å². The molecule has 1 heterocycles. The third-order valence-electron chi connectivity index (χ3n) is 2.11. The Morgan fingerprint density at radius 3 is 2.92 bits per heavy atom. The molecule has 1 aromatic rings. The Bertz CT molecular complexity index is 327. The molecule has 0 saturated carbocycles. The second-order valence-electron chi connectivity index (χ2n) is 3.02. The molecule has 2 nitrogen and oxygen atoms in total. The Hall–Kier alpha value is -1.16. The van der Waals surface area contributed by atoms with E-state index in [1.54, 1.807) is 6.07 Å². The molecule has 0 aliphatic carbocycles. The van der Waals surface area contributed by atoms with Crippen LogP contribution in [0, 0.1) is 0 Å². The molecule has 0 aromatic heterocycles. The highest BCUT2D eigenvalue weighted by Gasteiger charge is 2.21. The number of nitrogens with two attached hydrogens (primary N) is 1. The zero-order chi connectivity index (χ0) is 9.42. The van der Waals surface area contributed by atoms with Gasteiger partial charge in [-0.3, -0.25) is 0 Å². The maximum absolute atomic E-state index is 12.2. The van der Waals surface area contributed by atoms with E-state index in [1.165, 1.54) is 12.1 Å². The Kier molecular flexibility index (Phi) is 1.92. The average molecular weight is 185 g/mol. The molecular weight excluding hydrogens is 176 g/mol. The molecule has 1 aromatic carbocycles. The van der Waals surface area contributed by atoms with E-state index in [4.69, 9.17) is 10.5 Å². The lowest BCUT2D eigenvalue weighted by atomic mass is 10.1. The lowest BCUT2D eigenvalue weighted by Gasteiger charge is -2.03. The van der Waals surface area contributed by atoms with E-state index in [2.05, 4.69) is 0 Å². The minimum absolute atomic E-state index is 0.0205. The molecule has 0 saturated heterocycles. The number of rotatable bonds is 1. The van der Waals surface area contributed by atoms with Gasteiger partial charge >= 0.3 is 0 Å². The summed E-state index contributed by atoms with van der Waals surface area (Å²) in [4.78, 5) is 0. The van der Waals surface area contributed by atoms with Gasteiger partial charge < -0.3 is 10.5 Å². The first-order valence-corrected chi connectivity index (χ1v) is 3.99. The van der Waals surface area contributed by atoms with E-state index in [9.17, 15) is 8.78 Å². The standard InChI is InChI=1S/C9H9F2NO/c10-9(11)5-1-2-6-7(12)4-13-8(6)3-5/h1-3,7,9H,4,12H2/t7-/m0/s1. The van der Waals surface area contributed by atoms with Crippen molar-refractivity contribution in [2.45, 2.75) is 12.5 Å². The van der Waals surface area contributed by atoms with Gasteiger partial charge in [-0.25, -0.2) is 8.78 Å². The minimum atomic E-state index is -2.45. The van der Waals surface area contributed by atoms with Crippen molar-refractivity contribution in [3.05, 3.63) is 29.3 Å². The van der Waals surface area contributed by atoms with Gasteiger partial charge in [0.2, 0.25) is 0 Å². The molecule has 13 heavy (non-hydrogen) atoms. The van der Waals surface area contributed by atoms with Crippen molar-refractivity contribution >= 4 is 0 Å². The summed E-state index contributed by atoms with van der Waals surface area (Å²) < 4.78 is 29.6. The summed E-state index contributed by atoms with van der Waals surface area (Å²) in [5.41, 5.74) is 6.45. The molecule has 0 bridgehead atoms. The fraction of sp³-hybridized carbons (Fsp3) is 0.333. The number of hydrogen-bond acceptors (Lipinski definition) is 2. The SMILES string of the molecule is N[C@H]1COc2cc(C(F)F)ccc21. The summed E-state index contributed by atoms with van der Waals surface area (Å²) in [6.45, 7) is 0.377. The molecule has 2 rings (SSSR count). The average Bonchev–Trinajstić information content (AvgIpc) is 2.47. The van der Waals surface area contributed by atoms with Gasteiger partial charge in [-0.15, -0.1) is 0 Å². The van der Waals surface area contributed by atoms with E-state index in [-0.39, 0.29) is 11.6 Å². The maximum Gasteiger partial charge on any atom is 0.263 e. The summed E-state index contributed by atoms with van der Waals surface area (Å²) in [6, 6.07) is 4.17. The van der Waals surface area contributed by atoms with Gasteiger partial charge in [0.05, 0.1) is 6.04 Å². The van der Waals surface area contributed by atoms with Crippen molar-refractivity contribution in [2.24, 2.45) is 5.73 Å². The number of alkyl halides is 2. The fourth-order valence-corrected chi connectivity index (χ4v) is 1.39. The molecule has 0 spiro atoms. The van der Waals surface area contributed by atoms with Crippen LogP contribution in [-0.2, 0) is 0 Å². The quantitative estimate of drug-likeness (QED) is 0.726. The van der Waals surface area contributed by atoms with Crippen molar-refractivity contribution in [3.8, 4) is 5.75 Å². The minimum Gasteiger partial charge on any atom is -0.491 e. The predicted octanol–water partition coefficient (Wildman–Crippen LogP) is 2.02. The van der Waals surface area contributed by atoms with Gasteiger partial charge in [0, 0.05) is 11.1 Å². The number of fused-ring (bicyclic) bond motifs is 1. The van der Waals surface area contributed by atoms with Crippen LogP contribution in [0.1, 0.15) is 23.6 Å². The van der Waals surface area contributed by atoms with Gasteiger partial charge in [0.25, 0.3) is 6.43 Å². The van der Waals surface area contributed by atoms with Crippen LogP contribution in [0.15, 0.2) is 18.2 Å². The maximum atomic E-state index is 12.2. The zero-order valence-corrected chi connectivity index (χ0v) is 6.84. The van der Waals surface area contributed by atoms with E-state index < -0.39 is 6.43 Å².